The molecule has 0 aliphatic heterocycles. The Morgan fingerprint density at radius 3 is 1.95 bits per heavy atom. The van der Waals surface area contributed by atoms with Gasteiger partial charge in [0.1, 0.15) is 26.9 Å². The molecule has 1 N–H and O–H groups in total. The summed E-state index contributed by atoms with van der Waals surface area (Å²) in [4.78, 5) is 16.5. The molecule has 0 bridgehead atoms. The van der Waals surface area contributed by atoms with Gasteiger partial charge in [0.05, 0.1) is 0 Å². The molecule has 0 saturated heterocycles. The van der Waals surface area contributed by atoms with Gasteiger partial charge in [0.2, 0.25) is 17.8 Å². The molecule has 10 heteroatoms. The van der Waals surface area contributed by atoms with E-state index in [9.17, 15) is 0 Å². The molecule has 0 radical (unpaired) electrons. The molecule has 0 spiro atoms. The van der Waals surface area contributed by atoms with Crippen molar-refractivity contribution in [2.45, 2.75) is 0 Å². The fraction of sp³-hybridized carbons (Fsp3) is 0.750. The molecule has 0 saturated carbocycles. The number of nitrogens with one attached hydrogen (secondary N) is 1. The highest BCUT2D eigenvalue weighted by Crippen LogP contribution is 2.16. The SMILES string of the molecule is COCNc1nc(N(C)COC)nc(N(COC)COC)n1. The first-order chi connectivity index (χ1) is 10.7. The molecule has 22 heavy (non-hydrogen) atoms. The van der Waals surface area contributed by atoms with E-state index in [1.54, 1.807) is 38.2 Å². The van der Waals surface area contributed by atoms with E-state index in [-0.39, 0.29) is 20.2 Å². The van der Waals surface area contributed by atoms with E-state index in [1.165, 1.54) is 0 Å². The number of nitrogens with zero attached hydrogens (tertiary/aromatic N) is 5. The Morgan fingerprint density at radius 1 is 0.818 bits per heavy atom. The monoisotopic (exact) mass is 316 g/mol. The summed E-state index contributed by atoms with van der Waals surface area (Å²) in [5.74, 6) is 1.28. The van der Waals surface area contributed by atoms with Gasteiger partial charge in [-0.05, 0) is 0 Å². The van der Waals surface area contributed by atoms with Crippen LogP contribution in [0.5, 0.6) is 0 Å². The van der Waals surface area contributed by atoms with Crippen LogP contribution >= 0.6 is 0 Å². The van der Waals surface area contributed by atoms with E-state index < -0.39 is 0 Å². The van der Waals surface area contributed by atoms with Gasteiger partial charge in [-0.3, -0.25) is 4.90 Å². The summed E-state index contributed by atoms with van der Waals surface area (Å²) in [6.07, 6.45) is 0. The number of rotatable bonds is 11. The Hall–Kier alpha value is -1.75. The first kappa shape index (κ1) is 18.3. The molecule has 10 nitrogen and oxygen atoms in total. The molecule has 0 amide bonds. The molecule has 0 aliphatic rings. The van der Waals surface area contributed by atoms with Crippen LogP contribution in [0.25, 0.3) is 0 Å². The van der Waals surface area contributed by atoms with E-state index in [2.05, 4.69) is 20.3 Å². The van der Waals surface area contributed by atoms with Crippen LogP contribution in [-0.2, 0) is 18.9 Å². The summed E-state index contributed by atoms with van der Waals surface area (Å²) in [6.45, 7) is 1.21. The third-order valence-corrected chi connectivity index (χ3v) is 2.50. The molecule has 0 unspecified atom stereocenters. The second-order valence-corrected chi connectivity index (χ2v) is 4.36. The first-order valence-electron chi connectivity index (χ1n) is 6.58. The van der Waals surface area contributed by atoms with Crippen molar-refractivity contribution in [3.63, 3.8) is 0 Å². The number of ether oxygens (including phenoxy) is 4. The van der Waals surface area contributed by atoms with Gasteiger partial charge >= 0.3 is 0 Å². The van der Waals surface area contributed by atoms with Crippen LogP contribution in [0.15, 0.2) is 0 Å². The van der Waals surface area contributed by atoms with E-state index >= 15 is 0 Å². The van der Waals surface area contributed by atoms with E-state index in [0.29, 0.717) is 24.6 Å². The van der Waals surface area contributed by atoms with Crippen LogP contribution in [0.3, 0.4) is 0 Å². The molecular formula is C12H24N6O4. The van der Waals surface area contributed by atoms with Gasteiger partial charge in [-0.25, -0.2) is 0 Å². The molecule has 0 aliphatic carbocycles. The minimum Gasteiger partial charge on any atom is -0.364 e. The van der Waals surface area contributed by atoms with E-state index in [4.69, 9.17) is 18.9 Å². The summed E-state index contributed by atoms with van der Waals surface area (Å²) < 4.78 is 20.4. The van der Waals surface area contributed by atoms with Crippen molar-refractivity contribution >= 4 is 17.8 Å². The highest BCUT2D eigenvalue weighted by Gasteiger charge is 2.15. The average molecular weight is 316 g/mol. The van der Waals surface area contributed by atoms with Crippen molar-refractivity contribution in [1.29, 1.82) is 0 Å². The van der Waals surface area contributed by atoms with Crippen molar-refractivity contribution in [2.24, 2.45) is 0 Å². The summed E-state index contributed by atoms with van der Waals surface area (Å²) in [6, 6.07) is 0. The lowest BCUT2D eigenvalue weighted by atomic mass is 10.7. The third kappa shape index (κ3) is 5.56. The Morgan fingerprint density at radius 2 is 1.41 bits per heavy atom. The Balaban J connectivity index is 3.08. The number of hydrogen-bond acceptors (Lipinski definition) is 10. The molecule has 1 heterocycles. The average Bonchev–Trinajstić information content (AvgIpc) is 2.52. The molecule has 0 fully saturated rings. The molecule has 1 aromatic heterocycles. The smallest absolute Gasteiger partial charge is 0.235 e. The molecule has 0 atom stereocenters. The lowest BCUT2D eigenvalue weighted by Crippen LogP contribution is -2.31. The van der Waals surface area contributed by atoms with Gasteiger partial charge in [0.25, 0.3) is 0 Å². The maximum absolute atomic E-state index is 5.14. The largest absolute Gasteiger partial charge is 0.364 e. The third-order valence-electron chi connectivity index (χ3n) is 2.50. The highest BCUT2D eigenvalue weighted by molar-refractivity contribution is 5.44. The zero-order chi connectivity index (χ0) is 16.4. The van der Waals surface area contributed by atoms with Crippen molar-refractivity contribution in [2.75, 3.05) is 77.5 Å². The van der Waals surface area contributed by atoms with Crippen LogP contribution < -0.4 is 15.1 Å². The van der Waals surface area contributed by atoms with E-state index in [1.807, 2.05) is 7.05 Å². The van der Waals surface area contributed by atoms with Crippen molar-refractivity contribution in [1.82, 2.24) is 15.0 Å². The number of aromatic nitrogens is 3. The minimum atomic E-state index is 0.283. The normalized spacial score (nSPS) is 10.6. The fourth-order valence-corrected chi connectivity index (χ4v) is 1.60. The van der Waals surface area contributed by atoms with Crippen molar-refractivity contribution in [3.8, 4) is 0 Å². The first-order valence-corrected chi connectivity index (χ1v) is 6.58. The van der Waals surface area contributed by atoms with Crippen LogP contribution in [-0.4, -0.2) is 77.4 Å². The highest BCUT2D eigenvalue weighted by atomic mass is 16.5. The number of anilines is 3. The molecule has 0 aromatic carbocycles. The maximum Gasteiger partial charge on any atom is 0.235 e. The molecule has 126 valence electrons. The van der Waals surface area contributed by atoms with Crippen LogP contribution in [0.4, 0.5) is 17.8 Å². The summed E-state index contributed by atoms with van der Waals surface area (Å²) in [5, 5.41) is 2.95. The van der Waals surface area contributed by atoms with Gasteiger partial charge in [0.15, 0.2) is 0 Å². The van der Waals surface area contributed by atoms with Crippen LogP contribution in [0.1, 0.15) is 0 Å². The molecule has 1 aromatic rings. The zero-order valence-corrected chi connectivity index (χ0v) is 13.7. The van der Waals surface area contributed by atoms with E-state index in [0.717, 1.165) is 0 Å². The van der Waals surface area contributed by atoms with Gasteiger partial charge in [-0.2, -0.15) is 15.0 Å². The predicted molar refractivity (Wildman–Crippen MR) is 81.8 cm³/mol. The van der Waals surface area contributed by atoms with Crippen molar-refractivity contribution in [3.05, 3.63) is 0 Å². The summed E-state index contributed by atoms with van der Waals surface area (Å²) in [5.41, 5.74) is 0. The molecule has 1 rings (SSSR count). The Labute approximate surface area is 130 Å². The van der Waals surface area contributed by atoms with Gasteiger partial charge in [-0.1, -0.05) is 0 Å². The van der Waals surface area contributed by atoms with Gasteiger partial charge in [0, 0.05) is 35.5 Å². The lowest BCUT2D eigenvalue weighted by Gasteiger charge is -2.23. The lowest BCUT2D eigenvalue weighted by molar-refractivity contribution is 0.138. The summed E-state index contributed by atoms with van der Waals surface area (Å²) >= 11 is 0. The minimum absolute atomic E-state index is 0.283. The number of methoxy groups -OCH3 is 4. The number of hydrogen-bond donors (Lipinski definition) is 1. The maximum atomic E-state index is 5.14. The van der Waals surface area contributed by atoms with Gasteiger partial charge in [-0.15, -0.1) is 0 Å². The Kier molecular flexibility index (Phi) is 8.36. The van der Waals surface area contributed by atoms with Crippen LogP contribution in [0, 0.1) is 0 Å². The summed E-state index contributed by atoms with van der Waals surface area (Å²) in [7, 11) is 8.18. The predicted octanol–water partition coefficient (Wildman–Crippen LogP) is -0.0583. The fourth-order valence-electron chi connectivity index (χ4n) is 1.60. The quantitative estimate of drug-likeness (QED) is 0.559. The topological polar surface area (TPSA) is 94.1 Å². The van der Waals surface area contributed by atoms with Crippen molar-refractivity contribution < 1.29 is 18.9 Å². The second kappa shape index (κ2) is 10.1. The standard InChI is InChI=1S/C12H24N6O4/c1-17(7-20-3)11-14-10(13-6-19-2)15-12(16-11)18(8-21-4)9-22-5/h6-9H2,1-5H3,(H,13,14,15,16). The molecular weight excluding hydrogens is 292 g/mol. The van der Waals surface area contributed by atoms with Gasteiger partial charge < -0.3 is 29.2 Å². The van der Waals surface area contributed by atoms with Crippen LogP contribution in [0.2, 0.25) is 0 Å². The second-order valence-electron chi connectivity index (χ2n) is 4.36. The Bertz CT molecular complexity index is 430. The zero-order valence-electron chi connectivity index (χ0n) is 13.7.